The first-order valence-electron chi connectivity index (χ1n) is 4.95. The number of hydrogen-bond donors (Lipinski definition) is 1. The van der Waals surface area contributed by atoms with E-state index in [-0.39, 0.29) is 11.7 Å². The molecule has 0 aliphatic carbocycles. The first-order valence-corrected chi connectivity index (χ1v) is 5.75. The number of benzene rings is 1. The highest BCUT2D eigenvalue weighted by Crippen LogP contribution is 2.24. The van der Waals surface area contributed by atoms with Crippen LogP contribution in [-0.2, 0) is 0 Å². The molecule has 1 atom stereocenters. The van der Waals surface area contributed by atoms with Crippen molar-refractivity contribution in [2.75, 3.05) is 5.32 Å². The summed E-state index contributed by atoms with van der Waals surface area (Å²) >= 11 is 3.04. The van der Waals surface area contributed by atoms with Gasteiger partial charge >= 0.3 is 0 Å². The molecule has 0 heterocycles. The van der Waals surface area contributed by atoms with E-state index in [1.807, 2.05) is 13.8 Å². The lowest BCUT2D eigenvalue weighted by Crippen LogP contribution is -2.16. The predicted molar refractivity (Wildman–Crippen MR) is 62.1 cm³/mol. The van der Waals surface area contributed by atoms with E-state index < -0.39 is 11.6 Å². The third-order valence-electron chi connectivity index (χ3n) is 2.12. The van der Waals surface area contributed by atoms with Crippen molar-refractivity contribution in [1.82, 2.24) is 0 Å². The van der Waals surface area contributed by atoms with Crippen LogP contribution in [0.5, 0.6) is 0 Å². The largest absolute Gasteiger partial charge is 0.378 e. The maximum atomic E-state index is 13.4. The van der Waals surface area contributed by atoms with Crippen LogP contribution in [0.3, 0.4) is 0 Å². The zero-order valence-electron chi connectivity index (χ0n) is 8.78. The molecule has 4 heteroatoms. The van der Waals surface area contributed by atoms with Crippen LogP contribution in [0.25, 0.3) is 0 Å². The average Bonchev–Trinajstić information content (AvgIpc) is 2.11. The Morgan fingerprint density at radius 3 is 2.33 bits per heavy atom. The number of hydrogen-bond acceptors (Lipinski definition) is 1. The van der Waals surface area contributed by atoms with E-state index in [4.69, 9.17) is 0 Å². The van der Waals surface area contributed by atoms with Gasteiger partial charge in [0.2, 0.25) is 0 Å². The summed E-state index contributed by atoms with van der Waals surface area (Å²) < 4.78 is 27.2. The van der Waals surface area contributed by atoms with Crippen molar-refractivity contribution >= 4 is 21.6 Å². The van der Waals surface area contributed by atoms with Crippen LogP contribution in [0.1, 0.15) is 26.7 Å². The molecule has 0 spiro atoms. The van der Waals surface area contributed by atoms with E-state index in [0.717, 1.165) is 12.8 Å². The molecule has 15 heavy (non-hydrogen) atoms. The van der Waals surface area contributed by atoms with Gasteiger partial charge in [-0.2, -0.15) is 0 Å². The van der Waals surface area contributed by atoms with Crippen molar-refractivity contribution in [3.63, 3.8) is 0 Å². The SMILES string of the molecule is CCCC(C)Nc1c(F)cc(Br)cc1F. The lowest BCUT2D eigenvalue weighted by molar-refractivity contribution is 0.577. The summed E-state index contributed by atoms with van der Waals surface area (Å²) in [6.45, 7) is 3.94. The standard InChI is InChI=1S/C11H14BrF2N/c1-3-4-7(2)15-11-9(13)5-8(12)6-10(11)14/h5-7,15H,3-4H2,1-2H3. The molecule has 1 N–H and O–H groups in total. The summed E-state index contributed by atoms with van der Waals surface area (Å²) in [5.74, 6) is -1.13. The van der Waals surface area contributed by atoms with E-state index in [1.54, 1.807) is 0 Å². The summed E-state index contributed by atoms with van der Waals surface area (Å²) in [6.07, 6.45) is 1.86. The van der Waals surface area contributed by atoms with Gasteiger partial charge in [0.25, 0.3) is 0 Å². The van der Waals surface area contributed by atoms with Gasteiger partial charge in [0.05, 0.1) is 0 Å². The third kappa shape index (κ3) is 3.45. The van der Waals surface area contributed by atoms with E-state index in [0.29, 0.717) is 4.47 Å². The molecule has 1 rings (SSSR count). The Hall–Kier alpha value is -0.640. The summed E-state index contributed by atoms with van der Waals surface area (Å²) in [4.78, 5) is 0. The van der Waals surface area contributed by atoms with Gasteiger partial charge in [-0.1, -0.05) is 29.3 Å². The van der Waals surface area contributed by atoms with Crippen molar-refractivity contribution in [2.24, 2.45) is 0 Å². The van der Waals surface area contributed by atoms with Crippen LogP contribution in [0, 0.1) is 11.6 Å². The maximum absolute atomic E-state index is 13.4. The van der Waals surface area contributed by atoms with E-state index in [1.165, 1.54) is 12.1 Å². The summed E-state index contributed by atoms with van der Waals surface area (Å²) in [5.41, 5.74) is -0.0425. The molecule has 0 fully saturated rings. The van der Waals surface area contributed by atoms with Crippen LogP contribution < -0.4 is 5.32 Å². The van der Waals surface area contributed by atoms with E-state index in [9.17, 15) is 8.78 Å². The fourth-order valence-electron chi connectivity index (χ4n) is 1.43. The molecule has 1 aromatic rings. The predicted octanol–water partition coefficient (Wildman–Crippen LogP) is 4.33. The highest BCUT2D eigenvalue weighted by molar-refractivity contribution is 9.10. The summed E-state index contributed by atoms with van der Waals surface area (Å²) in [5, 5.41) is 2.84. The Balaban J connectivity index is 2.85. The average molecular weight is 278 g/mol. The van der Waals surface area contributed by atoms with Gasteiger partial charge in [0.1, 0.15) is 17.3 Å². The quantitative estimate of drug-likeness (QED) is 0.864. The molecule has 0 aliphatic rings. The molecule has 0 aromatic heterocycles. The van der Waals surface area contributed by atoms with Crippen LogP contribution in [-0.4, -0.2) is 6.04 Å². The topological polar surface area (TPSA) is 12.0 Å². The fraction of sp³-hybridized carbons (Fsp3) is 0.455. The lowest BCUT2D eigenvalue weighted by atomic mass is 10.2. The van der Waals surface area contributed by atoms with Crippen molar-refractivity contribution in [3.8, 4) is 0 Å². The summed E-state index contributed by atoms with van der Waals surface area (Å²) in [7, 11) is 0. The van der Waals surface area contributed by atoms with Gasteiger partial charge in [-0.15, -0.1) is 0 Å². The molecule has 0 bridgehead atoms. The van der Waals surface area contributed by atoms with E-state index >= 15 is 0 Å². The molecule has 84 valence electrons. The van der Waals surface area contributed by atoms with E-state index in [2.05, 4.69) is 21.2 Å². The van der Waals surface area contributed by atoms with Gasteiger partial charge in [-0.05, 0) is 25.5 Å². The fourth-order valence-corrected chi connectivity index (χ4v) is 1.83. The number of anilines is 1. The second kappa shape index (κ2) is 5.45. The van der Waals surface area contributed by atoms with Crippen LogP contribution in [0.4, 0.5) is 14.5 Å². The number of nitrogens with one attached hydrogen (secondary N) is 1. The van der Waals surface area contributed by atoms with Gasteiger partial charge in [-0.3, -0.25) is 0 Å². The van der Waals surface area contributed by atoms with Crippen molar-refractivity contribution in [3.05, 3.63) is 28.2 Å². The Labute approximate surface area is 97.0 Å². The molecule has 1 aromatic carbocycles. The first-order chi connectivity index (χ1) is 7.04. The molecule has 0 radical (unpaired) electrons. The van der Waals surface area contributed by atoms with Crippen molar-refractivity contribution < 1.29 is 8.78 Å². The van der Waals surface area contributed by atoms with Crippen LogP contribution in [0.2, 0.25) is 0 Å². The molecule has 0 saturated carbocycles. The van der Waals surface area contributed by atoms with Crippen molar-refractivity contribution in [2.45, 2.75) is 32.7 Å². The minimum atomic E-state index is -0.565. The van der Waals surface area contributed by atoms with Gasteiger partial charge in [-0.25, -0.2) is 8.78 Å². The lowest BCUT2D eigenvalue weighted by Gasteiger charge is -2.15. The minimum absolute atomic E-state index is 0.0425. The second-order valence-electron chi connectivity index (χ2n) is 3.58. The molecule has 1 nitrogen and oxygen atoms in total. The van der Waals surface area contributed by atoms with Crippen molar-refractivity contribution in [1.29, 1.82) is 0 Å². The van der Waals surface area contributed by atoms with Crippen LogP contribution in [0.15, 0.2) is 16.6 Å². The Kier molecular flexibility index (Phi) is 4.51. The van der Waals surface area contributed by atoms with Crippen LogP contribution >= 0.6 is 15.9 Å². The van der Waals surface area contributed by atoms with Gasteiger partial charge < -0.3 is 5.32 Å². The molecule has 0 amide bonds. The number of rotatable bonds is 4. The monoisotopic (exact) mass is 277 g/mol. The molecule has 0 saturated heterocycles. The maximum Gasteiger partial charge on any atom is 0.150 e. The second-order valence-corrected chi connectivity index (χ2v) is 4.49. The number of halogens is 3. The molecular weight excluding hydrogens is 264 g/mol. The highest BCUT2D eigenvalue weighted by Gasteiger charge is 2.12. The zero-order valence-corrected chi connectivity index (χ0v) is 10.4. The first kappa shape index (κ1) is 12.4. The molecular formula is C11H14BrF2N. The Morgan fingerprint density at radius 2 is 1.87 bits per heavy atom. The highest BCUT2D eigenvalue weighted by atomic mass is 79.9. The third-order valence-corrected chi connectivity index (χ3v) is 2.58. The normalized spacial score (nSPS) is 12.6. The van der Waals surface area contributed by atoms with Gasteiger partial charge in [0.15, 0.2) is 0 Å². The van der Waals surface area contributed by atoms with Gasteiger partial charge in [0, 0.05) is 10.5 Å². The summed E-state index contributed by atoms with van der Waals surface area (Å²) in [6, 6.07) is 2.58. The molecule has 0 aliphatic heterocycles. The Morgan fingerprint density at radius 1 is 1.33 bits per heavy atom. The zero-order chi connectivity index (χ0) is 11.4. The Bertz CT molecular complexity index is 318. The minimum Gasteiger partial charge on any atom is -0.378 e. The molecule has 1 unspecified atom stereocenters. The smallest absolute Gasteiger partial charge is 0.150 e.